The number of hydrogen-bond acceptors (Lipinski definition) is 5. The van der Waals surface area contributed by atoms with E-state index in [2.05, 4.69) is 6.08 Å². The summed E-state index contributed by atoms with van der Waals surface area (Å²) >= 11 is 12.2. The molecule has 5 nitrogen and oxygen atoms in total. The molecule has 0 bridgehead atoms. The zero-order chi connectivity index (χ0) is 18.0. The molecule has 7 heteroatoms. The van der Waals surface area contributed by atoms with E-state index in [0.717, 1.165) is 37.1 Å². The molecular formula is C18H22Cl2N2O3. The number of carbonyl (C=O) groups is 1. The molecule has 2 aliphatic rings. The van der Waals surface area contributed by atoms with Crippen LogP contribution in [-0.2, 0) is 14.4 Å². The summed E-state index contributed by atoms with van der Waals surface area (Å²) in [4.78, 5) is 16.2. The molecule has 2 aliphatic heterocycles. The lowest BCUT2D eigenvalue weighted by molar-refractivity contribution is -0.255. The maximum absolute atomic E-state index is 11.0. The van der Waals surface area contributed by atoms with Crippen LogP contribution >= 0.6 is 23.2 Å². The van der Waals surface area contributed by atoms with Gasteiger partial charge >= 0.3 is 6.47 Å². The summed E-state index contributed by atoms with van der Waals surface area (Å²) < 4.78 is 5.99. The quantitative estimate of drug-likeness (QED) is 0.698. The summed E-state index contributed by atoms with van der Waals surface area (Å²) in [5.41, 5.74) is 1.84. The molecule has 0 radical (unpaired) electrons. The zero-order valence-electron chi connectivity index (χ0n) is 14.3. The van der Waals surface area contributed by atoms with Gasteiger partial charge in [-0.1, -0.05) is 29.3 Å². The summed E-state index contributed by atoms with van der Waals surface area (Å²) in [5.74, 6) is 0. The smallest absolute Gasteiger partial charge is 0.322 e. The Balaban J connectivity index is 1.91. The summed E-state index contributed by atoms with van der Waals surface area (Å²) in [5, 5.41) is 4.59. The van der Waals surface area contributed by atoms with Crippen molar-refractivity contribution < 1.29 is 14.4 Å². The van der Waals surface area contributed by atoms with Crippen LogP contribution in [-0.4, -0.2) is 35.4 Å². The Morgan fingerprint density at radius 2 is 2.12 bits per heavy atom. The molecule has 0 aliphatic carbocycles. The molecule has 25 heavy (non-hydrogen) atoms. The Labute approximate surface area is 158 Å². The third kappa shape index (κ3) is 3.80. The number of halogens is 2. The van der Waals surface area contributed by atoms with E-state index < -0.39 is 0 Å². The first-order valence-electron chi connectivity index (χ1n) is 8.46. The average Bonchev–Trinajstić information content (AvgIpc) is 2.94. The maximum Gasteiger partial charge on any atom is 0.322 e. The Hall–Kier alpha value is -1.27. The largest absolute Gasteiger partial charge is 0.376 e. The van der Waals surface area contributed by atoms with E-state index >= 15 is 0 Å². The number of carbonyl (C=O) groups excluding carboxylic acids is 1. The highest BCUT2D eigenvalue weighted by Crippen LogP contribution is 2.37. The van der Waals surface area contributed by atoms with Crippen molar-refractivity contribution in [3.8, 4) is 0 Å². The van der Waals surface area contributed by atoms with Crippen molar-refractivity contribution in [1.29, 1.82) is 0 Å². The predicted molar refractivity (Wildman–Crippen MR) is 96.8 cm³/mol. The minimum atomic E-state index is -0.0843. The molecule has 0 aromatic heterocycles. The van der Waals surface area contributed by atoms with Crippen molar-refractivity contribution in [3.63, 3.8) is 0 Å². The fourth-order valence-electron chi connectivity index (χ4n) is 3.52. The van der Waals surface area contributed by atoms with Gasteiger partial charge in [0, 0.05) is 6.61 Å². The van der Waals surface area contributed by atoms with Crippen molar-refractivity contribution in [2.75, 3.05) is 6.61 Å². The van der Waals surface area contributed by atoms with E-state index in [1.54, 1.807) is 11.2 Å². The third-order valence-electron chi connectivity index (χ3n) is 4.79. The Bertz CT molecular complexity index is 662. The van der Waals surface area contributed by atoms with Gasteiger partial charge < -0.3 is 9.57 Å². The van der Waals surface area contributed by atoms with E-state index in [9.17, 15) is 4.79 Å². The van der Waals surface area contributed by atoms with Crippen molar-refractivity contribution in [3.05, 3.63) is 45.6 Å². The minimum Gasteiger partial charge on any atom is -0.376 e. The van der Waals surface area contributed by atoms with Crippen LogP contribution in [0.1, 0.15) is 44.7 Å². The van der Waals surface area contributed by atoms with Crippen molar-refractivity contribution in [2.45, 2.75) is 51.3 Å². The molecule has 3 atom stereocenters. The molecule has 3 rings (SSSR count). The first-order chi connectivity index (χ1) is 12.0. The second-order valence-corrected chi connectivity index (χ2v) is 7.22. The van der Waals surface area contributed by atoms with Gasteiger partial charge in [0.25, 0.3) is 0 Å². The van der Waals surface area contributed by atoms with Gasteiger partial charge in [-0.15, -0.1) is 5.17 Å². The number of hydrogen-bond donors (Lipinski definition) is 0. The van der Waals surface area contributed by atoms with Crippen LogP contribution in [0.3, 0.4) is 0 Å². The van der Waals surface area contributed by atoms with E-state index in [1.807, 2.05) is 31.0 Å². The van der Waals surface area contributed by atoms with Gasteiger partial charge in [0.15, 0.2) is 0 Å². The first-order valence-corrected chi connectivity index (χ1v) is 9.22. The number of hydrazine groups is 1. The normalized spacial score (nSPS) is 25.6. The van der Waals surface area contributed by atoms with Crippen LogP contribution < -0.4 is 0 Å². The van der Waals surface area contributed by atoms with E-state index in [-0.39, 0.29) is 18.2 Å². The van der Waals surface area contributed by atoms with Gasteiger partial charge in [0.1, 0.15) is 0 Å². The highest BCUT2D eigenvalue weighted by molar-refractivity contribution is 6.42. The van der Waals surface area contributed by atoms with Crippen LogP contribution in [0.15, 0.2) is 30.0 Å². The molecule has 3 unspecified atom stereocenters. The summed E-state index contributed by atoms with van der Waals surface area (Å²) in [6.07, 6.45) is 5.36. The first kappa shape index (κ1) is 18.5. The van der Waals surface area contributed by atoms with Crippen molar-refractivity contribution in [1.82, 2.24) is 10.2 Å². The fourth-order valence-corrected chi connectivity index (χ4v) is 3.83. The molecule has 0 amide bonds. The minimum absolute atomic E-state index is 0.00953. The highest BCUT2D eigenvalue weighted by Gasteiger charge is 2.41. The number of hydroxylamine groups is 1. The standard InChI is InChI=1S/C18H22Cl2N2O3/c1-12-9-17(18-5-3-4-8-24-18)21(22(12)25-11-23)13(2)14-6-7-15(19)16(20)10-14/h6-7,9-11,13,17-18H,3-5,8H2,1-2H3. The van der Waals surface area contributed by atoms with Gasteiger partial charge in [-0.3, -0.25) is 4.79 Å². The summed E-state index contributed by atoms with van der Waals surface area (Å²) in [6.45, 7) is 5.16. The maximum atomic E-state index is 11.0. The Kier molecular flexibility index (Phi) is 5.89. The molecule has 0 spiro atoms. The van der Waals surface area contributed by atoms with Gasteiger partial charge in [0.2, 0.25) is 0 Å². The highest BCUT2D eigenvalue weighted by atomic mass is 35.5. The lowest BCUT2D eigenvalue weighted by Gasteiger charge is -2.40. The summed E-state index contributed by atoms with van der Waals surface area (Å²) in [7, 11) is 0. The van der Waals surface area contributed by atoms with Gasteiger partial charge in [0.05, 0.1) is 33.9 Å². The van der Waals surface area contributed by atoms with E-state index in [1.165, 1.54) is 0 Å². The second kappa shape index (κ2) is 7.96. The van der Waals surface area contributed by atoms with Crippen LogP contribution in [0.25, 0.3) is 0 Å². The monoisotopic (exact) mass is 384 g/mol. The molecule has 136 valence electrons. The SMILES string of the molecule is CC1=CC(C2CCCCO2)N(C(C)c2ccc(Cl)c(Cl)c2)N1OC=O. The van der Waals surface area contributed by atoms with E-state index in [0.29, 0.717) is 16.5 Å². The third-order valence-corrected chi connectivity index (χ3v) is 5.53. The summed E-state index contributed by atoms with van der Waals surface area (Å²) in [6, 6.07) is 5.47. The molecule has 1 saturated heterocycles. The Morgan fingerprint density at radius 1 is 1.32 bits per heavy atom. The zero-order valence-corrected chi connectivity index (χ0v) is 15.8. The van der Waals surface area contributed by atoms with Crippen LogP contribution in [0.5, 0.6) is 0 Å². The number of nitrogens with zero attached hydrogens (tertiary/aromatic N) is 2. The fraction of sp³-hybridized carbons (Fsp3) is 0.500. The van der Waals surface area contributed by atoms with E-state index in [4.69, 9.17) is 32.8 Å². The number of rotatable bonds is 5. The molecule has 1 aromatic carbocycles. The van der Waals surface area contributed by atoms with Crippen LogP contribution in [0.4, 0.5) is 0 Å². The van der Waals surface area contributed by atoms with Crippen LogP contribution in [0, 0.1) is 0 Å². The van der Waals surface area contributed by atoms with Crippen LogP contribution in [0.2, 0.25) is 10.0 Å². The predicted octanol–water partition coefficient (Wildman–Crippen LogP) is 4.52. The lowest BCUT2D eigenvalue weighted by atomic mass is 9.99. The molecular weight excluding hydrogens is 363 g/mol. The molecule has 1 aromatic rings. The van der Waals surface area contributed by atoms with Gasteiger partial charge in [-0.25, -0.2) is 0 Å². The number of ether oxygens (including phenoxy) is 1. The molecule has 1 fully saturated rings. The van der Waals surface area contributed by atoms with Gasteiger partial charge in [-0.2, -0.15) is 5.01 Å². The lowest BCUT2D eigenvalue weighted by Crippen LogP contribution is -2.49. The van der Waals surface area contributed by atoms with Crippen molar-refractivity contribution >= 4 is 29.7 Å². The second-order valence-electron chi connectivity index (χ2n) is 6.41. The average molecular weight is 385 g/mol. The number of allylic oxidation sites excluding steroid dienone is 1. The molecule has 2 heterocycles. The molecule has 0 N–H and O–H groups in total. The number of benzene rings is 1. The van der Waals surface area contributed by atoms with Gasteiger partial charge in [-0.05, 0) is 56.9 Å². The molecule has 0 saturated carbocycles. The van der Waals surface area contributed by atoms with Crippen molar-refractivity contribution in [2.24, 2.45) is 0 Å². The Morgan fingerprint density at radius 3 is 2.76 bits per heavy atom. The topological polar surface area (TPSA) is 42.0 Å².